The first-order valence-electron chi connectivity index (χ1n) is 8.63. The molecule has 1 amide bonds. The third-order valence-electron chi connectivity index (χ3n) is 4.91. The number of carbonyl (C=O) groups excluding carboxylic acids is 1. The molecular weight excluding hydrogens is 361 g/mol. The molecule has 0 aromatic heterocycles. The quantitative estimate of drug-likeness (QED) is 0.808. The predicted molar refractivity (Wildman–Crippen MR) is 104 cm³/mol. The van der Waals surface area contributed by atoms with Crippen molar-refractivity contribution in [1.82, 2.24) is 10.2 Å². The minimum absolute atomic E-state index is 0. The highest BCUT2D eigenvalue weighted by molar-refractivity contribution is 5.85. The lowest BCUT2D eigenvalue weighted by molar-refractivity contribution is -0.125. The molecule has 1 aromatic carbocycles. The number of halogens is 2. The molecule has 1 heterocycles. The fraction of sp³-hybridized carbons (Fsp3) is 0.611. The molecule has 2 atom stereocenters. The number of ether oxygens (including phenoxy) is 1. The number of hydrogen-bond acceptors (Lipinski definition) is 4. The summed E-state index contributed by atoms with van der Waals surface area (Å²) in [4.78, 5) is 14.6. The first-order chi connectivity index (χ1) is 11.2. The van der Waals surface area contributed by atoms with Crippen molar-refractivity contribution in [3.8, 4) is 0 Å². The monoisotopic (exact) mass is 389 g/mol. The third kappa shape index (κ3) is 6.42. The number of nitrogens with zero attached hydrogens (tertiary/aromatic N) is 1. The topological polar surface area (TPSA) is 67.6 Å². The predicted octanol–water partition coefficient (Wildman–Crippen LogP) is 2.11. The molecule has 7 heteroatoms. The molecule has 1 aliphatic carbocycles. The number of amides is 1. The fourth-order valence-electron chi connectivity index (χ4n) is 3.41. The number of rotatable bonds is 5. The van der Waals surface area contributed by atoms with Crippen molar-refractivity contribution in [1.29, 1.82) is 0 Å². The molecule has 3 rings (SSSR count). The Kier molecular flexibility index (Phi) is 9.75. The zero-order valence-corrected chi connectivity index (χ0v) is 16.1. The van der Waals surface area contributed by atoms with Gasteiger partial charge in [0.05, 0.1) is 19.1 Å². The fourth-order valence-corrected chi connectivity index (χ4v) is 3.41. The molecule has 1 saturated heterocycles. The summed E-state index contributed by atoms with van der Waals surface area (Å²) in [6.07, 6.45) is 2.95. The lowest BCUT2D eigenvalue weighted by Gasteiger charge is -2.26. The van der Waals surface area contributed by atoms with E-state index in [2.05, 4.69) is 34.5 Å². The Labute approximate surface area is 162 Å². The summed E-state index contributed by atoms with van der Waals surface area (Å²) in [5.74, 6) is 0.1000. The van der Waals surface area contributed by atoms with Gasteiger partial charge in [0.2, 0.25) is 5.91 Å². The van der Waals surface area contributed by atoms with E-state index in [-0.39, 0.29) is 42.7 Å². The van der Waals surface area contributed by atoms with Crippen LogP contribution in [0.2, 0.25) is 0 Å². The lowest BCUT2D eigenvalue weighted by atomic mass is 10.0. The standard InChI is InChI=1S/C18H27N3O2.2ClH/c19-17-3-1-2-16(17)18(22)20-12-14-4-6-15(7-5-14)13-21-8-10-23-11-9-21;;/h4-7,16-17H,1-3,8-13,19H2,(H,20,22);2*1H. The number of morpholine rings is 1. The molecule has 1 saturated carbocycles. The van der Waals surface area contributed by atoms with E-state index in [1.54, 1.807) is 0 Å². The second kappa shape index (κ2) is 11.0. The first-order valence-corrected chi connectivity index (χ1v) is 8.63. The smallest absolute Gasteiger partial charge is 0.224 e. The number of hydrogen-bond donors (Lipinski definition) is 2. The molecule has 0 spiro atoms. The summed E-state index contributed by atoms with van der Waals surface area (Å²) < 4.78 is 5.37. The molecule has 5 nitrogen and oxygen atoms in total. The van der Waals surface area contributed by atoms with Crippen molar-refractivity contribution in [3.63, 3.8) is 0 Å². The highest BCUT2D eigenvalue weighted by Crippen LogP contribution is 2.24. The van der Waals surface area contributed by atoms with E-state index in [9.17, 15) is 4.79 Å². The van der Waals surface area contributed by atoms with E-state index >= 15 is 0 Å². The molecule has 1 aliphatic heterocycles. The largest absolute Gasteiger partial charge is 0.379 e. The molecule has 0 bridgehead atoms. The zero-order valence-electron chi connectivity index (χ0n) is 14.5. The first kappa shape index (κ1) is 22.2. The molecule has 2 aliphatic rings. The van der Waals surface area contributed by atoms with Crippen LogP contribution in [0.15, 0.2) is 24.3 Å². The van der Waals surface area contributed by atoms with Gasteiger partial charge in [0, 0.05) is 32.2 Å². The van der Waals surface area contributed by atoms with E-state index in [1.807, 2.05) is 0 Å². The van der Waals surface area contributed by atoms with Gasteiger partial charge in [-0.25, -0.2) is 0 Å². The van der Waals surface area contributed by atoms with Gasteiger partial charge in [-0.3, -0.25) is 9.69 Å². The van der Waals surface area contributed by atoms with Crippen LogP contribution in [0.5, 0.6) is 0 Å². The van der Waals surface area contributed by atoms with Crippen LogP contribution >= 0.6 is 24.8 Å². The molecule has 2 unspecified atom stereocenters. The summed E-state index contributed by atoms with van der Waals surface area (Å²) in [7, 11) is 0. The minimum Gasteiger partial charge on any atom is -0.379 e. The molecule has 25 heavy (non-hydrogen) atoms. The molecule has 3 N–H and O–H groups in total. The zero-order chi connectivity index (χ0) is 16.1. The number of nitrogens with two attached hydrogens (primary N) is 1. The van der Waals surface area contributed by atoms with E-state index in [4.69, 9.17) is 10.5 Å². The Morgan fingerprint density at radius 3 is 2.36 bits per heavy atom. The second-order valence-electron chi connectivity index (χ2n) is 6.62. The van der Waals surface area contributed by atoms with Gasteiger partial charge in [0.1, 0.15) is 0 Å². The molecule has 2 fully saturated rings. The van der Waals surface area contributed by atoms with Gasteiger partial charge >= 0.3 is 0 Å². The van der Waals surface area contributed by atoms with Crippen LogP contribution in [-0.2, 0) is 22.6 Å². The average Bonchev–Trinajstić information content (AvgIpc) is 3.01. The van der Waals surface area contributed by atoms with E-state index in [0.29, 0.717) is 6.54 Å². The maximum Gasteiger partial charge on any atom is 0.224 e. The summed E-state index contributed by atoms with van der Waals surface area (Å²) in [5, 5.41) is 3.03. The van der Waals surface area contributed by atoms with Crippen LogP contribution in [0, 0.1) is 5.92 Å². The Hall–Kier alpha value is -0.850. The van der Waals surface area contributed by atoms with Gasteiger partial charge in [-0.2, -0.15) is 0 Å². The van der Waals surface area contributed by atoms with E-state index in [0.717, 1.165) is 57.7 Å². The Bertz CT molecular complexity index is 522. The van der Waals surface area contributed by atoms with Crippen LogP contribution in [0.1, 0.15) is 30.4 Å². The maximum atomic E-state index is 12.1. The number of nitrogens with one attached hydrogen (secondary N) is 1. The highest BCUT2D eigenvalue weighted by atomic mass is 35.5. The van der Waals surface area contributed by atoms with E-state index in [1.165, 1.54) is 5.56 Å². The molecule has 1 aromatic rings. The number of benzene rings is 1. The van der Waals surface area contributed by atoms with Crippen LogP contribution in [0.25, 0.3) is 0 Å². The van der Waals surface area contributed by atoms with Crippen molar-refractivity contribution in [2.24, 2.45) is 11.7 Å². The third-order valence-corrected chi connectivity index (χ3v) is 4.91. The molecule has 0 radical (unpaired) electrons. The van der Waals surface area contributed by atoms with Crippen molar-refractivity contribution >= 4 is 30.7 Å². The van der Waals surface area contributed by atoms with Crippen molar-refractivity contribution < 1.29 is 9.53 Å². The van der Waals surface area contributed by atoms with Gasteiger partial charge in [0.25, 0.3) is 0 Å². The normalized spacial score (nSPS) is 23.4. The summed E-state index contributed by atoms with van der Waals surface area (Å²) >= 11 is 0. The van der Waals surface area contributed by atoms with Gasteiger partial charge in [-0.05, 0) is 24.0 Å². The summed E-state index contributed by atoms with van der Waals surface area (Å²) in [6.45, 7) is 5.20. The van der Waals surface area contributed by atoms with Crippen LogP contribution in [0.3, 0.4) is 0 Å². The van der Waals surface area contributed by atoms with Crippen LogP contribution < -0.4 is 11.1 Å². The van der Waals surface area contributed by atoms with Gasteiger partial charge in [-0.15, -0.1) is 24.8 Å². The Morgan fingerprint density at radius 2 is 1.76 bits per heavy atom. The number of carbonyl (C=O) groups is 1. The van der Waals surface area contributed by atoms with Crippen molar-refractivity contribution in [2.75, 3.05) is 26.3 Å². The van der Waals surface area contributed by atoms with Crippen LogP contribution in [-0.4, -0.2) is 43.2 Å². The lowest BCUT2D eigenvalue weighted by Crippen LogP contribution is -2.38. The maximum absolute atomic E-state index is 12.1. The second-order valence-corrected chi connectivity index (χ2v) is 6.62. The highest BCUT2D eigenvalue weighted by Gasteiger charge is 2.29. The van der Waals surface area contributed by atoms with Crippen molar-refractivity contribution in [3.05, 3.63) is 35.4 Å². The van der Waals surface area contributed by atoms with E-state index < -0.39 is 0 Å². The van der Waals surface area contributed by atoms with Crippen molar-refractivity contribution in [2.45, 2.75) is 38.4 Å². The molecular formula is C18H29Cl2N3O2. The average molecular weight is 390 g/mol. The SMILES string of the molecule is Cl.Cl.NC1CCCC1C(=O)NCc1ccc(CN2CCOCC2)cc1. The molecule has 142 valence electrons. The summed E-state index contributed by atoms with van der Waals surface area (Å²) in [5.41, 5.74) is 8.42. The Balaban J connectivity index is 0.00000156. The van der Waals surface area contributed by atoms with Crippen LogP contribution in [0.4, 0.5) is 0 Å². The minimum atomic E-state index is -0.00408. The van der Waals surface area contributed by atoms with Gasteiger partial charge in [0.15, 0.2) is 0 Å². The Morgan fingerprint density at radius 1 is 1.12 bits per heavy atom. The van der Waals surface area contributed by atoms with Gasteiger partial charge < -0.3 is 15.8 Å². The van der Waals surface area contributed by atoms with Gasteiger partial charge in [-0.1, -0.05) is 30.7 Å². The summed E-state index contributed by atoms with van der Waals surface area (Å²) in [6, 6.07) is 8.54.